The van der Waals surface area contributed by atoms with E-state index < -0.39 is 41.5 Å². The van der Waals surface area contributed by atoms with Gasteiger partial charge in [0.1, 0.15) is 0 Å². The molecule has 7 nitrogen and oxygen atoms in total. The number of nitrogens with one attached hydrogen (secondary N) is 2. The maximum atomic E-state index is 13.5. The summed E-state index contributed by atoms with van der Waals surface area (Å²) in [5, 5.41) is 12.1. The van der Waals surface area contributed by atoms with E-state index in [1.807, 2.05) is 18.2 Å². The number of hydrogen-bond donors (Lipinski definition) is 2. The molecule has 0 fully saturated rings. The zero-order valence-corrected chi connectivity index (χ0v) is 14.9. The molecule has 2 amide bonds. The molecule has 0 aliphatic heterocycles. The molecule has 0 saturated heterocycles. The third kappa shape index (κ3) is 5.18. The van der Waals surface area contributed by atoms with E-state index in [1.165, 1.54) is 0 Å². The van der Waals surface area contributed by atoms with E-state index in [0.717, 1.165) is 11.6 Å². The standard InChI is InChI=1S/C19H15F3N4O3/c20-12-6-7-13(18(22)17(12)21)24-15(28)10-23-14(27)8-9-16-25-26-19(29-16)11-4-2-1-3-5-11/h1-7H,8-10H2,(H,23,27)(H,24,28). The van der Waals surface area contributed by atoms with Gasteiger partial charge >= 0.3 is 0 Å². The molecule has 1 aromatic heterocycles. The first-order valence-corrected chi connectivity index (χ1v) is 8.52. The predicted octanol–water partition coefficient (Wildman–Crippen LogP) is 2.84. The van der Waals surface area contributed by atoms with Gasteiger partial charge in [-0.25, -0.2) is 13.2 Å². The molecule has 3 rings (SSSR count). The summed E-state index contributed by atoms with van der Waals surface area (Å²) in [6.45, 7) is -0.476. The number of nitrogens with zero attached hydrogens (tertiary/aromatic N) is 2. The Morgan fingerprint density at radius 2 is 1.69 bits per heavy atom. The summed E-state index contributed by atoms with van der Waals surface area (Å²) in [6, 6.07) is 10.7. The molecule has 2 aromatic carbocycles. The summed E-state index contributed by atoms with van der Waals surface area (Å²) < 4.78 is 45.0. The molecule has 0 unspecified atom stereocenters. The zero-order valence-electron chi connectivity index (χ0n) is 14.9. The molecule has 3 aromatic rings. The topological polar surface area (TPSA) is 97.1 Å². The first-order valence-electron chi connectivity index (χ1n) is 8.52. The van der Waals surface area contributed by atoms with E-state index in [2.05, 4.69) is 20.8 Å². The van der Waals surface area contributed by atoms with Crippen LogP contribution in [0.2, 0.25) is 0 Å². The first-order chi connectivity index (χ1) is 13.9. The van der Waals surface area contributed by atoms with Crippen LogP contribution in [0.25, 0.3) is 11.5 Å². The second-order valence-electron chi connectivity index (χ2n) is 5.91. The number of aromatic nitrogens is 2. The fourth-order valence-electron chi connectivity index (χ4n) is 2.36. The molecule has 0 bridgehead atoms. The number of hydrogen-bond acceptors (Lipinski definition) is 5. The van der Waals surface area contributed by atoms with Gasteiger partial charge in [0.15, 0.2) is 17.5 Å². The molecule has 0 spiro atoms. The van der Waals surface area contributed by atoms with Crippen LogP contribution in [0, 0.1) is 17.5 Å². The first kappa shape index (κ1) is 20.1. The monoisotopic (exact) mass is 404 g/mol. The SMILES string of the molecule is O=C(CCc1nnc(-c2ccccc2)o1)NCC(=O)Nc1ccc(F)c(F)c1F. The summed E-state index contributed by atoms with van der Waals surface area (Å²) in [7, 11) is 0. The average Bonchev–Trinajstić information content (AvgIpc) is 3.21. The summed E-state index contributed by atoms with van der Waals surface area (Å²) in [5.41, 5.74) is 0.222. The summed E-state index contributed by atoms with van der Waals surface area (Å²) in [4.78, 5) is 23.6. The molecule has 0 saturated carbocycles. The van der Waals surface area contributed by atoms with Crippen LogP contribution in [0.5, 0.6) is 0 Å². The molecule has 0 aliphatic carbocycles. The van der Waals surface area contributed by atoms with Gasteiger partial charge in [-0.05, 0) is 24.3 Å². The number of carbonyl (C=O) groups is 2. The Kier molecular flexibility index (Phi) is 6.22. The van der Waals surface area contributed by atoms with Crippen molar-refractivity contribution in [3.05, 3.63) is 65.8 Å². The number of benzene rings is 2. The van der Waals surface area contributed by atoms with E-state index >= 15 is 0 Å². The number of rotatable bonds is 7. The maximum Gasteiger partial charge on any atom is 0.247 e. The van der Waals surface area contributed by atoms with E-state index in [4.69, 9.17) is 4.42 Å². The van der Waals surface area contributed by atoms with Gasteiger partial charge in [-0.3, -0.25) is 9.59 Å². The third-order valence-corrected chi connectivity index (χ3v) is 3.81. The minimum atomic E-state index is -1.69. The lowest BCUT2D eigenvalue weighted by Gasteiger charge is -2.08. The van der Waals surface area contributed by atoms with Gasteiger partial charge in [0.2, 0.25) is 23.6 Å². The number of anilines is 1. The van der Waals surface area contributed by atoms with E-state index in [9.17, 15) is 22.8 Å². The Hall–Kier alpha value is -3.69. The molecule has 1 heterocycles. The lowest BCUT2D eigenvalue weighted by molar-refractivity contribution is -0.124. The largest absolute Gasteiger partial charge is 0.421 e. The van der Waals surface area contributed by atoms with Gasteiger partial charge in [0, 0.05) is 18.4 Å². The zero-order chi connectivity index (χ0) is 20.8. The van der Waals surface area contributed by atoms with Crippen LogP contribution in [-0.4, -0.2) is 28.6 Å². The lowest BCUT2D eigenvalue weighted by atomic mass is 10.2. The van der Waals surface area contributed by atoms with Crippen molar-refractivity contribution in [3.63, 3.8) is 0 Å². The quantitative estimate of drug-likeness (QED) is 0.591. The Labute approximate surface area is 162 Å². The van der Waals surface area contributed by atoms with Gasteiger partial charge in [0.05, 0.1) is 12.2 Å². The molecule has 0 atom stereocenters. The van der Waals surface area contributed by atoms with Gasteiger partial charge < -0.3 is 15.1 Å². The van der Waals surface area contributed by atoms with Crippen LogP contribution in [0.1, 0.15) is 12.3 Å². The molecule has 29 heavy (non-hydrogen) atoms. The molecule has 0 radical (unpaired) electrons. The smallest absolute Gasteiger partial charge is 0.247 e. The van der Waals surface area contributed by atoms with Crippen molar-refractivity contribution in [1.82, 2.24) is 15.5 Å². The highest BCUT2D eigenvalue weighted by molar-refractivity contribution is 5.94. The number of halogens is 3. The van der Waals surface area contributed by atoms with Gasteiger partial charge in [0.25, 0.3) is 0 Å². The van der Waals surface area contributed by atoms with Crippen molar-refractivity contribution >= 4 is 17.5 Å². The fourth-order valence-corrected chi connectivity index (χ4v) is 2.36. The summed E-state index contributed by atoms with van der Waals surface area (Å²) in [6.07, 6.45) is 0.133. The van der Waals surface area contributed by atoms with Crippen molar-refractivity contribution < 1.29 is 27.2 Å². The number of aryl methyl sites for hydroxylation is 1. The van der Waals surface area contributed by atoms with Crippen LogP contribution in [0.3, 0.4) is 0 Å². The second-order valence-corrected chi connectivity index (χ2v) is 5.91. The van der Waals surface area contributed by atoms with Crippen LogP contribution >= 0.6 is 0 Å². The molecule has 0 aliphatic rings. The summed E-state index contributed by atoms with van der Waals surface area (Å²) >= 11 is 0. The van der Waals surface area contributed by atoms with Crippen LogP contribution in [-0.2, 0) is 16.0 Å². The van der Waals surface area contributed by atoms with Crippen molar-refractivity contribution in [2.45, 2.75) is 12.8 Å². The summed E-state index contributed by atoms with van der Waals surface area (Å²) in [5.74, 6) is -5.28. The Morgan fingerprint density at radius 3 is 2.45 bits per heavy atom. The molecular formula is C19H15F3N4O3. The van der Waals surface area contributed by atoms with Gasteiger partial charge in [-0.1, -0.05) is 18.2 Å². The highest BCUT2D eigenvalue weighted by atomic mass is 19.2. The van der Waals surface area contributed by atoms with Gasteiger partial charge in [-0.15, -0.1) is 10.2 Å². The van der Waals surface area contributed by atoms with Crippen molar-refractivity contribution in [2.75, 3.05) is 11.9 Å². The van der Waals surface area contributed by atoms with Crippen molar-refractivity contribution in [1.29, 1.82) is 0 Å². The van der Waals surface area contributed by atoms with Crippen LogP contribution in [0.4, 0.5) is 18.9 Å². The number of carbonyl (C=O) groups excluding carboxylic acids is 2. The Bertz CT molecular complexity index is 1020. The van der Waals surface area contributed by atoms with E-state index in [1.54, 1.807) is 12.1 Å². The van der Waals surface area contributed by atoms with Crippen LogP contribution < -0.4 is 10.6 Å². The van der Waals surface area contributed by atoms with Gasteiger partial charge in [-0.2, -0.15) is 0 Å². The van der Waals surface area contributed by atoms with Crippen LogP contribution in [0.15, 0.2) is 46.9 Å². The average molecular weight is 404 g/mol. The van der Waals surface area contributed by atoms with Crippen molar-refractivity contribution in [3.8, 4) is 11.5 Å². The van der Waals surface area contributed by atoms with Crippen molar-refractivity contribution in [2.24, 2.45) is 0 Å². The van der Waals surface area contributed by atoms with E-state index in [-0.39, 0.29) is 18.7 Å². The fraction of sp³-hybridized carbons (Fsp3) is 0.158. The highest BCUT2D eigenvalue weighted by Gasteiger charge is 2.16. The second kappa shape index (κ2) is 9.00. The third-order valence-electron chi connectivity index (χ3n) is 3.81. The minimum Gasteiger partial charge on any atom is -0.421 e. The number of amides is 2. The molecule has 150 valence electrons. The Morgan fingerprint density at radius 1 is 0.931 bits per heavy atom. The predicted molar refractivity (Wildman–Crippen MR) is 96.0 cm³/mol. The normalized spacial score (nSPS) is 10.6. The minimum absolute atomic E-state index is 0.0246. The molecule has 10 heteroatoms. The maximum absolute atomic E-state index is 13.5. The lowest BCUT2D eigenvalue weighted by Crippen LogP contribution is -2.33. The Balaban J connectivity index is 1.45. The molecular weight excluding hydrogens is 389 g/mol. The van der Waals surface area contributed by atoms with E-state index in [0.29, 0.717) is 12.0 Å². The molecule has 2 N–H and O–H groups in total. The highest BCUT2D eigenvalue weighted by Crippen LogP contribution is 2.19.